The summed E-state index contributed by atoms with van der Waals surface area (Å²) in [6, 6.07) is 4.59. The van der Waals surface area contributed by atoms with Crippen molar-refractivity contribution in [3.05, 3.63) is 45.7 Å². The first-order chi connectivity index (χ1) is 9.63. The van der Waals surface area contributed by atoms with Crippen molar-refractivity contribution in [2.75, 3.05) is 7.11 Å². The van der Waals surface area contributed by atoms with Crippen LogP contribution in [0.15, 0.2) is 24.4 Å². The summed E-state index contributed by atoms with van der Waals surface area (Å²) in [6.07, 6.45) is 2.85. The normalized spacial score (nSPS) is 12.4. The number of halogens is 1. The number of hydrogen-bond acceptors (Lipinski definition) is 4. The van der Waals surface area contributed by atoms with Crippen molar-refractivity contribution in [1.82, 2.24) is 10.3 Å². The highest BCUT2D eigenvalue weighted by molar-refractivity contribution is 7.11. The molecule has 1 aromatic heterocycles. The van der Waals surface area contributed by atoms with E-state index in [0.29, 0.717) is 5.75 Å². The third-order valence-corrected chi connectivity index (χ3v) is 4.29. The van der Waals surface area contributed by atoms with E-state index in [0.717, 1.165) is 23.5 Å². The van der Waals surface area contributed by atoms with E-state index in [1.54, 1.807) is 24.5 Å². The molecule has 0 spiro atoms. The van der Waals surface area contributed by atoms with Crippen molar-refractivity contribution < 1.29 is 9.13 Å². The first-order valence-corrected chi connectivity index (χ1v) is 7.46. The van der Waals surface area contributed by atoms with Gasteiger partial charge in [0, 0.05) is 29.2 Å². The van der Waals surface area contributed by atoms with Gasteiger partial charge in [-0.3, -0.25) is 0 Å². The second kappa shape index (κ2) is 6.81. The maximum absolute atomic E-state index is 13.4. The van der Waals surface area contributed by atoms with Crippen LogP contribution in [0.4, 0.5) is 4.39 Å². The van der Waals surface area contributed by atoms with Crippen LogP contribution in [0.1, 0.15) is 35.3 Å². The van der Waals surface area contributed by atoms with E-state index in [1.807, 2.05) is 13.1 Å². The number of aromatic nitrogens is 1. The fraction of sp³-hybridized carbons (Fsp3) is 0.400. The summed E-state index contributed by atoms with van der Waals surface area (Å²) in [5, 5.41) is 4.52. The number of nitrogens with zero attached hydrogens (tertiary/aromatic N) is 1. The summed E-state index contributed by atoms with van der Waals surface area (Å²) in [4.78, 5) is 5.51. The lowest BCUT2D eigenvalue weighted by atomic mass is 10.1. The summed E-state index contributed by atoms with van der Waals surface area (Å²) >= 11 is 1.70. The molecule has 5 heteroatoms. The topological polar surface area (TPSA) is 34.2 Å². The summed E-state index contributed by atoms with van der Waals surface area (Å²) in [7, 11) is 1.60. The van der Waals surface area contributed by atoms with Crippen molar-refractivity contribution in [2.45, 2.75) is 32.9 Å². The summed E-state index contributed by atoms with van der Waals surface area (Å²) in [5.41, 5.74) is 0.827. The van der Waals surface area contributed by atoms with Gasteiger partial charge < -0.3 is 10.1 Å². The molecule has 0 saturated heterocycles. The van der Waals surface area contributed by atoms with E-state index in [4.69, 9.17) is 4.74 Å². The monoisotopic (exact) mass is 294 g/mol. The molecule has 0 aliphatic carbocycles. The van der Waals surface area contributed by atoms with Crippen LogP contribution in [0.25, 0.3) is 0 Å². The molecule has 0 aliphatic rings. The Kier molecular flexibility index (Phi) is 5.09. The average Bonchev–Trinajstić information content (AvgIpc) is 2.92. The molecular weight excluding hydrogens is 275 g/mol. The van der Waals surface area contributed by atoms with Gasteiger partial charge in [-0.25, -0.2) is 9.37 Å². The highest BCUT2D eigenvalue weighted by Crippen LogP contribution is 2.26. The molecule has 108 valence electrons. The summed E-state index contributed by atoms with van der Waals surface area (Å²) in [5.74, 6) is 0.450. The maximum Gasteiger partial charge on any atom is 0.123 e. The predicted molar refractivity (Wildman–Crippen MR) is 79.7 cm³/mol. The third-order valence-electron chi connectivity index (χ3n) is 3.14. The fourth-order valence-electron chi connectivity index (χ4n) is 2.00. The molecule has 1 unspecified atom stereocenters. The standard InChI is InChI=1S/C15H19FN2OS/c1-4-15-18-9-12(20-15)8-17-10(2)13-7-11(16)5-6-14(13)19-3/h5-7,9-10,17H,4,8H2,1-3H3. The first kappa shape index (κ1) is 14.9. The van der Waals surface area contributed by atoms with Crippen molar-refractivity contribution in [2.24, 2.45) is 0 Å². The van der Waals surface area contributed by atoms with Gasteiger partial charge in [-0.15, -0.1) is 11.3 Å². The van der Waals surface area contributed by atoms with Gasteiger partial charge in [-0.2, -0.15) is 0 Å². The predicted octanol–water partition coefficient (Wildman–Crippen LogP) is 3.70. The minimum atomic E-state index is -0.250. The molecule has 2 aromatic rings. The smallest absolute Gasteiger partial charge is 0.123 e. The molecule has 20 heavy (non-hydrogen) atoms. The molecule has 3 nitrogen and oxygen atoms in total. The van der Waals surface area contributed by atoms with E-state index in [9.17, 15) is 4.39 Å². The molecule has 1 atom stereocenters. The molecule has 0 radical (unpaired) electrons. The van der Waals surface area contributed by atoms with Gasteiger partial charge in [0.2, 0.25) is 0 Å². The Morgan fingerprint density at radius 1 is 1.45 bits per heavy atom. The Labute approximate surface area is 122 Å². The number of ether oxygens (including phenoxy) is 1. The molecule has 0 bridgehead atoms. The van der Waals surface area contributed by atoms with Gasteiger partial charge in [-0.05, 0) is 31.5 Å². The zero-order valence-corrected chi connectivity index (χ0v) is 12.8. The molecule has 1 N–H and O–H groups in total. The van der Waals surface area contributed by atoms with E-state index in [1.165, 1.54) is 17.0 Å². The van der Waals surface area contributed by atoms with E-state index < -0.39 is 0 Å². The number of hydrogen-bond donors (Lipinski definition) is 1. The molecule has 0 saturated carbocycles. The maximum atomic E-state index is 13.4. The Morgan fingerprint density at radius 3 is 2.90 bits per heavy atom. The summed E-state index contributed by atoms with van der Waals surface area (Å²) < 4.78 is 18.6. The third kappa shape index (κ3) is 3.55. The molecular formula is C15H19FN2OS. The second-order valence-electron chi connectivity index (χ2n) is 4.56. The number of benzene rings is 1. The van der Waals surface area contributed by atoms with Crippen LogP contribution >= 0.6 is 11.3 Å². The Morgan fingerprint density at radius 2 is 2.25 bits per heavy atom. The Balaban J connectivity index is 2.04. The molecule has 1 heterocycles. The van der Waals surface area contributed by atoms with Crippen LogP contribution in [0.3, 0.4) is 0 Å². The molecule has 1 aromatic carbocycles. The van der Waals surface area contributed by atoms with Crippen molar-refractivity contribution in [3.8, 4) is 5.75 Å². The second-order valence-corrected chi connectivity index (χ2v) is 5.76. The van der Waals surface area contributed by atoms with Crippen molar-refractivity contribution in [1.29, 1.82) is 0 Å². The molecule has 2 rings (SSSR count). The Hall–Kier alpha value is -1.46. The van der Waals surface area contributed by atoms with Gasteiger partial charge in [-0.1, -0.05) is 6.92 Å². The van der Waals surface area contributed by atoms with Gasteiger partial charge in [0.25, 0.3) is 0 Å². The minimum absolute atomic E-state index is 0.00725. The fourth-order valence-corrected chi connectivity index (χ4v) is 2.81. The molecule has 0 aliphatic heterocycles. The van der Waals surface area contributed by atoms with Crippen LogP contribution in [-0.4, -0.2) is 12.1 Å². The zero-order chi connectivity index (χ0) is 14.5. The van der Waals surface area contributed by atoms with Crippen LogP contribution in [0, 0.1) is 5.82 Å². The minimum Gasteiger partial charge on any atom is -0.496 e. The number of methoxy groups -OCH3 is 1. The quantitative estimate of drug-likeness (QED) is 0.882. The van der Waals surface area contributed by atoms with Gasteiger partial charge in [0.15, 0.2) is 0 Å². The summed E-state index contributed by atoms with van der Waals surface area (Å²) in [6.45, 7) is 4.81. The molecule has 0 fully saturated rings. The average molecular weight is 294 g/mol. The number of rotatable bonds is 6. The lowest BCUT2D eigenvalue weighted by Crippen LogP contribution is -2.18. The van der Waals surface area contributed by atoms with Crippen molar-refractivity contribution in [3.63, 3.8) is 0 Å². The van der Waals surface area contributed by atoms with Crippen LogP contribution in [-0.2, 0) is 13.0 Å². The largest absolute Gasteiger partial charge is 0.496 e. The van der Waals surface area contributed by atoms with Gasteiger partial charge in [0.05, 0.1) is 12.1 Å². The number of thiazole rings is 1. The van der Waals surface area contributed by atoms with Crippen molar-refractivity contribution >= 4 is 11.3 Å². The lowest BCUT2D eigenvalue weighted by Gasteiger charge is -2.16. The van der Waals surface area contributed by atoms with E-state index in [-0.39, 0.29) is 11.9 Å². The molecule has 0 amide bonds. The van der Waals surface area contributed by atoms with E-state index in [2.05, 4.69) is 17.2 Å². The first-order valence-electron chi connectivity index (χ1n) is 6.64. The highest BCUT2D eigenvalue weighted by atomic mass is 32.1. The Bertz CT molecular complexity index is 571. The van der Waals surface area contributed by atoms with Gasteiger partial charge in [0.1, 0.15) is 11.6 Å². The van der Waals surface area contributed by atoms with Crippen LogP contribution < -0.4 is 10.1 Å². The zero-order valence-electron chi connectivity index (χ0n) is 11.9. The van der Waals surface area contributed by atoms with E-state index >= 15 is 0 Å². The highest BCUT2D eigenvalue weighted by Gasteiger charge is 2.12. The number of nitrogens with one attached hydrogen (secondary N) is 1. The van der Waals surface area contributed by atoms with Crippen LogP contribution in [0.2, 0.25) is 0 Å². The number of aryl methyl sites for hydroxylation is 1. The van der Waals surface area contributed by atoms with Gasteiger partial charge >= 0.3 is 0 Å². The van der Waals surface area contributed by atoms with Crippen LogP contribution in [0.5, 0.6) is 5.75 Å². The lowest BCUT2D eigenvalue weighted by molar-refractivity contribution is 0.400. The SMILES string of the molecule is CCc1ncc(CNC(C)c2cc(F)ccc2OC)s1.